The summed E-state index contributed by atoms with van der Waals surface area (Å²) in [7, 11) is -3.25. The van der Waals surface area contributed by atoms with Gasteiger partial charge >= 0.3 is 0 Å². The fraction of sp³-hybridized carbons (Fsp3) is 0.348. The first-order valence-corrected chi connectivity index (χ1v) is 12.3. The van der Waals surface area contributed by atoms with Crippen molar-refractivity contribution in [1.29, 1.82) is 0 Å². The Kier molecular flexibility index (Phi) is 5.91. The molecule has 3 heterocycles. The zero-order valence-electron chi connectivity index (χ0n) is 17.7. The van der Waals surface area contributed by atoms with Crippen LogP contribution in [-0.2, 0) is 21.1 Å². The normalized spacial score (nSPS) is 17.0. The van der Waals surface area contributed by atoms with Gasteiger partial charge in [0.1, 0.15) is 0 Å². The van der Waals surface area contributed by atoms with Gasteiger partial charge in [0.15, 0.2) is 9.84 Å². The molecule has 1 atom stereocenters. The van der Waals surface area contributed by atoms with Crippen molar-refractivity contribution >= 4 is 15.7 Å². The summed E-state index contributed by atoms with van der Waals surface area (Å²) >= 11 is 0. The second-order valence-electron chi connectivity index (χ2n) is 8.08. The second-order valence-corrected chi connectivity index (χ2v) is 10.1. The van der Waals surface area contributed by atoms with Crippen molar-refractivity contribution in [2.24, 2.45) is 0 Å². The molecule has 1 aliphatic rings. The number of hydrogen-bond acceptors (Lipinski definition) is 5. The molecular weight excluding hydrogens is 412 g/mol. The first-order chi connectivity index (χ1) is 14.8. The van der Waals surface area contributed by atoms with Gasteiger partial charge in [-0.05, 0) is 61.1 Å². The van der Waals surface area contributed by atoms with E-state index in [-0.39, 0.29) is 23.3 Å². The van der Waals surface area contributed by atoms with Crippen LogP contribution in [0.15, 0.2) is 53.8 Å². The van der Waals surface area contributed by atoms with Gasteiger partial charge in [0.2, 0.25) is 5.91 Å². The van der Waals surface area contributed by atoms with Crippen molar-refractivity contribution in [1.82, 2.24) is 20.1 Å². The third-order valence-corrected chi connectivity index (χ3v) is 6.97. The fourth-order valence-electron chi connectivity index (χ4n) is 4.20. The molecule has 0 unspecified atom stereocenters. The lowest BCUT2D eigenvalue weighted by atomic mass is 9.93. The number of aromatic nitrogens is 3. The molecule has 1 N–H and O–H groups in total. The van der Waals surface area contributed by atoms with Crippen LogP contribution in [0.1, 0.15) is 42.1 Å². The highest BCUT2D eigenvalue weighted by atomic mass is 32.2. The molecule has 0 radical (unpaired) electrons. The van der Waals surface area contributed by atoms with Crippen LogP contribution >= 0.6 is 0 Å². The highest BCUT2D eigenvalue weighted by Crippen LogP contribution is 2.36. The topological polar surface area (TPSA) is 96.0 Å². The molecule has 4 rings (SSSR count). The van der Waals surface area contributed by atoms with Crippen molar-refractivity contribution in [2.75, 3.05) is 12.8 Å². The van der Waals surface area contributed by atoms with Crippen LogP contribution in [-0.4, -0.2) is 47.2 Å². The summed E-state index contributed by atoms with van der Waals surface area (Å²) in [6, 6.07) is 8.46. The van der Waals surface area contributed by atoms with Crippen molar-refractivity contribution in [3.8, 4) is 11.1 Å². The lowest BCUT2D eigenvalue weighted by molar-refractivity contribution is -0.134. The van der Waals surface area contributed by atoms with Gasteiger partial charge < -0.3 is 4.90 Å². The van der Waals surface area contributed by atoms with Crippen LogP contribution in [0.2, 0.25) is 0 Å². The summed E-state index contributed by atoms with van der Waals surface area (Å²) in [5.41, 5.74) is 4.88. The molecule has 0 aliphatic carbocycles. The number of amides is 1. The number of likely N-dealkylation sites (tertiary alicyclic amines) is 1. The summed E-state index contributed by atoms with van der Waals surface area (Å²) in [4.78, 5) is 19.6. The van der Waals surface area contributed by atoms with Crippen LogP contribution < -0.4 is 0 Å². The Morgan fingerprint density at radius 3 is 2.61 bits per heavy atom. The Labute approximate surface area is 182 Å². The lowest BCUT2D eigenvalue weighted by Crippen LogP contribution is -2.39. The average molecular weight is 439 g/mol. The van der Waals surface area contributed by atoms with Gasteiger partial charge in [-0.2, -0.15) is 5.10 Å². The minimum absolute atomic E-state index is 0.0313. The quantitative estimate of drug-likeness (QED) is 0.658. The molecule has 1 fully saturated rings. The highest BCUT2D eigenvalue weighted by molar-refractivity contribution is 7.90. The largest absolute Gasteiger partial charge is 0.334 e. The SMILES string of the molecule is Cc1cnccc1-c1cn[nH]c1[C@@H]1CCCCN1C(=O)Cc1ccc(S(C)(=O)=O)cc1. The molecule has 0 bridgehead atoms. The number of aromatic amines is 1. The smallest absolute Gasteiger partial charge is 0.227 e. The zero-order valence-corrected chi connectivity index (χ0v) is 18.5. The monoisotopic (exact) mass is 438 g/mol. The molecule has 7 nitrogen and oxygen atoms in total. The molecule has 1 amide bonds. The average Bonchev–Trinajstić information content (AvgIpc) is 3.23. The molecule has 3 aromatic rings. The minimum Gasteiger partial charge on any atom is -0.334 e. The molecular formula is C23H26N4O3S. The second kappa shape index (κ2) is 8.63. The van der Waals surface area contributed by atoms with Crippen LogP contribution in [0.5, 0.6) is 0 Å². The van der Waals surface area contributed by atoms with Gasteiger partial charge in [0.05, 0.1) is 29.2 Å². The van der Waals surface area contributed by atoms with E-state index in [1.165, 1.54) is 6.26 Å². The highest BCUT2D eigenvalue weighted by Gasteiger charge is 2.31. The number of nitrogens with zero attached hydrogens (tertiary/aromatic N) is 3. The van der Waals surface area contributed by atoms with E-state index in [4.69, 9.17) is 0 Å². The van der Waals surface area contributed by atoms with E-state index in [2.05, 4.69) is 15.2 Å². The van der Waals surface area contributed by atoms with E-state index in [1.54, 1.807) is 30.5 Å². The van der Waals surface area contributed by atoms with Crippen molar-refractivity contribution in [3.63, 3.8) is 0 Å². The number of piperidine rings is 1. The number of hydrogen-bond donors (Lipinski definition) is 1. The molecule has 31 heavy (non-hydrogen) atoms. The van der Waals surface area contributed by atoms with Gasteiger partial charge in [-0.15, -0.1) is 0 Å². The Morgan fingerprint density at radius 2 is 1.90 bits per heavy atom. The van der Waals surface area contributed by atoms with Crippen molar-refractivity contribution in [3.05, 3.63) is 65.7 Å². The third-order valence-electron chi connectivity index (χ3n) is 5.84. The number of carbonyl (C=O) groups is 1. The summed E-state index contributed by atoms with van der Waals surface area (Å²) in [5, 5.41) is 7.43. The first kappa shape index (κ1) is 21.2. The maximum atomic E-state index is 13.2. The predicted molar refractivity (Wildman–Crippen MR) is 118 cm³/mol. The van der Waals surface area contributed by atoms with Crippen LogP contribution in [0.4, 0.5) is 0 Å². The summed E-state index contributed by atoms with van der Waals surface area (Å²) in [5.74, 6) is 0.0313. The van der Waals surface area contributed by atoms with Gasteiger partial charge in [0.25, 0.3) is 0 Å². The number of rotatable bonds is 5. The number of aryl methyl sites for hydroxylation is 1. The van der Waals surface area contributed by atoms with Crippen molar-refractivity contribution < 1.29 is 13.2 Å². The number of benzene rings is 1. The van der Waals surface area contributed by atoms with E-state index >= 15 is 0 Å². The lowest BCUT2D eigenvalue weighted by Gasteiger charge is -2.36. The van der Waals surface area contributed by atoms with E-state index < -0.39 is 9.84 Å². The van der Waals surface area contributed by atoms with Gasteiger partial charge in [-0.25, -0.2) is 8.42 Å². The maximum absolute atomic E-state index is 13.2. The Hall–Kier alpha value is -3.00. The van der Waals surface area contributed by atoms with Gasteiger partial charge in [0, 0.05) is 30.8 Å². The molecule has 1 aliphatic heterocycles. The molecule has 1 saturated heterocycles. The zero-order chi connectivity index (χ0) is 22.0. The number of pyridine rings is 1. The number of sulfone groups is 1. The summed E-state index contributed by atoms with van der Waals surface area (Å²) in [6.45, 7) is 2.71. The molecule has 162 valence electrons. The van der Waals surface area contributed by atoms with Crippen LogP contribution in [0.3, 0.4) is 0 Å². The summed E-state index contributed by atoms with van der Waals surface area (Å²) < 4.78 is 23.3. The predicted octanol–water partition coefficient (Wildman–Crippen LogP) is 3.48. The molecule has 8 heteroatoms. The number of carbonyl (C=O) groups excluding carboxylic acids is 1. The molecule has 0 spiro atoms. The van der Waals surface area contributed by atoms with E-state index in [0.717, 1.165) is 47.2 Å². The van der Waals surface area contributed by atoms with Gasteiger partial charge in [-0.1, -0.05) is 12.1 Å². The first-order valence-electron chi connectivity index (χ1n) is 10.4. The van der Waals surface area contributed by atoms with E-state index in [0.29, 0.717) is 6.54 Å². The minimum atomic E-state index is -3.25. The van der Waals surface area contributed by atoms with Crippen LogP contribution in [0.25, 0.3) is 11.1 Å². The van der Waals surface area contributed by atoms with Crippen LogP contribution in [0, 0.1) is 6.92 Å². The number of H-pyrrole nitrogens is 1. The Bertz CT molecular complexity index is 1190. The Morgan fingerprint density at radius 1 is 1.13 bits per heavy atom. The summed E-state index contributed by atoms with van der Waals surface area (Å²) in [6.07, 6.45) is 9.71. The van der Waals surface area contributed by atoms with E-state index in [9.17, 15) is 13.2 Å². The Balaban J connectivity index is 1.58. The molecule has 2 aromatic heterocycles. The number of nitrogens with one attached hydrogen (secondary N) is 1. The van der Waals surface area contributed by atoms with E-state index in [1.807, 2.05) is 30.3 Å². The standard InChI is InChI=1S/C23H26N4O3S/c1-16-14-24-11-10-19(16)20-15-25-26-23(20)21-5-3-4-12-27(21)22(28)13-17-6-8-18(9-7-17)31(2,29)30/h6-11,14-15,21H,3-5,12-13H2,1-2H3,(H,25,26)/t21-/m0/s1. The molecule has 0 saturated carbocycles. The van der Waals surface area contributed by atoms with Gasteiger partial charge in [-0.3, -0.25) is 14.9 Å². The van der Waals surface area contributed by atoms with Crippen molar-refractivity contribution in [2.45, 2.75) is 43.5 Å². The maximum Gasteiger partial charge on any atom is 0.227 e. The third kappa shape index (κ3) is 4.54. The fourth-order valence-corrected chi connectivity index (χ4v) is 4.83. The molecule has 1 aromatic carbocycles.